The van der Waals surface area contributed by atoms with Crippen LogP contribution in [-0.4, -0.2) is 29.0 Å². The Morgan fingerprint density at radius 3 is 2.70 bits per heavy atom. The Kier molecular flexibility index (Phi) is 3.99. The second-order valence-electron chi connectivity index (χ2n) is 5.98. The monoisotopic (exact) mass is 269 g/mol. The highest BCUT2D eigenvalue weighted by Crippen LogP contribution is 2.24. The number of nitrogens with zero attached hydrogens (tertiary/aromatic N) is 2. The second-order valence-corrected chi connectivity index (χ2v) is 5.98. The van der Waals surface area contributed by atoms with Gasteiger partial charge < -0.3 is 5.73 Å². The molecule has 0 amide bonds. The molecule has 1 aromatic heterocycles. The lowest BCUT2D eigenvalue weighted by molar-refractivity contribution is 0.176. The smallest absolute Gasteiger partial charge is 0.0746 e. The first-order valence-electron chi connectivity index (χ1n) is 7.52. The summed E-state index contributed by atoms with van der Waals surface area (Å²) in [5.74, 6) is 0. The summed E-state index contributed by atoms with van der Waals surface area (Å²) in [5, 5.41) is 1.23. The van der Waals surface area contributed by atoms with Gasteiger partial charge in [0.05, 0.1) is 5.52 Å². The van der Waals surface area contributed by atoms with E-state index in [0.717, 1.165) is 24.9 Å². The predicted octanol–water partition coefficient (Wildman–Crippen LogP) is 2.94. The van der Waals surface area contributed by atoms with Crippen LogP contribution < -0.4 is 5.73 Å². The Labute approximate surface area is 120 Å². The largest absolute Gasteiger partial charge is 0.328 e. The van der Waals surface area contributed by atoms with E-state index in [1.165, 1.54) is 23.8 Å². The van der Waals surface area contributed by atoms with E-state index >= 15 is 0 Å². The molecule has 1 aromatic carbocycles. The van der Waals surface area contributed by atoms with Crippen molar-refractivity contribution in [3.05, 3.63) is 42.1 Å². The molecule has 0 saturated heterocycles. The number of hydrogen-bond acceptors (Lipinski definition) is 3. The summed E-state index contributed by atoms with van der Waals surface area (Å²) in [4.78, 5) is 7.01. The SMILES string of the molecule is CN(Cc1cccc2cccnc12)C1CCC(N)CC1. The summed E-state index contributed by atoms with van der Waals surface area (Å²) in [6.07, 6.45) is 6.63. The van der Waals surface area contributed by atoms with E-state index in [1.54, 1.807) is 0 Å². The van der Waals surface area contributed by atoms with Crippen LogP contribution in [0.1, 0.15) is 31.2 Å². The zero-order valence-corrected chi connectivity index (χ0v) is 12.1. The molecular weight excluding hydrogens is 246 g/mol. The molecule has 2 aromatic rings. The van der Waals surface area contributed by atoms with Crippen LogP contribution in [0.4, 0.5) is 0 Å². The van der Waals surface area contributed by atoms with Gasteiger partial charge in [0, 0.05) is 30.2 Å². The minimum atomic E-state index is 0.416. The Hall–Kier alpha value is -1.45. The van der Waals surface area contributed by atoms with Crippen molar-refractivity contribution in [1.82, 2.24) is 9.88 Å². The Bertz CT molecular complexity index is 568. The molecule has 0 bridgehead atoms. The van der Waals surface area contributed by atoms with E-state index in [1.807, 2.05) is 12.3 Å². The molecule has 3 rings (SSSR count). The highest BCUT2D eigenvalue weighted by Gasteiger charge is 2.22. The third-order valence-electron chi connectivity index (χ3n) is 4.50. The Balaban J connectivity index is 1.76. The molecule has 0 unspecified atom stereocenters. The molecule has 0 atom stereocenters. The topological polar surface area (TPSA) is 42.2 Å². The van der Waals surface area contributed by atoms with Gasteiger partial charge in [0.1, 0.15) is 0 Å². The molecule has 3 nitrogen and oxygen atoms in total. The van der Waals surface area contributed by atoms with Gasteiger partial charge in [-0.05, 0) is 44.4 Å². The molecular formula is C17H23N3. The van der Waals surface area contributed by atoms with Gasteiger partial charge in [-0.15, -0.1) is 0 Å². The Morgan fingerprint density at radius 1 is 1.15 bits per heavy atom. The zero-order chi connectivity index (χ0) is 13.9. The third kappa shape index (κ3) is 2.84. The van der Waals surface area contributed by atoms with Crippen LogP contribution in [0, 0.1) is 0 Å². The maximum atomic E-state index is 6.00. The standard InChI is InChI=1S/C17H23N3/c1-20(16-9-7-15(18)8-10-16)12-14-5-2-4-13-6-3-11-19-17(13)14/h2-6,11,15-16H,7-10,12,18H2,1H3. The summed E-state index contributed by atoms with van der Waals surface area (Å²) in [7, 11) is 2.23. The van der Waals surface area contributed by atoms with E-state index in [0.29, 0.717) is 12.1 Å². The Morgan fingerprint density at radius 2 is 1.90 bits per heavy atom. The normalized spacial score (nSPS) is 23.4. The van der Waals surface area contributed by atoms with Crippen LogP contribution in [0.2, 0.25) is 0 Å². The number of nitrogens with two attached hydrogens (primary N) is 1. The third-order valence-corrected chi connectivity index (χ3v) is 4.50. The molecule has 0 spiro atoms. The fourth-order valence-electron chi connectivity index (χ4n) is 3.24. The van der Waals surface area contributed by atoms with Gasteiger partial charge >= 0.3 is 0 Å². The summed E-state index contributed by atoms with van der Waals surface area (Å²) < 4.78 is 0. The number of fused-ring (bicyclic) bond motifs is 1. The molecule has 0 aliphatic heterocycles. The van der Waals surface area contributed by atoms with E-state index in [2.05, 4.69) is 41.2 Å². The molecule has 0 radical (unpaired) electrons. The number of aromatic nitrogens is 1. The quantitative estimate of drug-likeness (QED) is 0.931. The first kappa shape index (κ1) is 13.5. The average molecular weight is 269 g/mol. The van der Waals surface area contributed by atoms with Gasteiger partial charge in [0.15, 0.2) is 0 Å². The second kappa shape index (κ2) is 5.90. The molecule has 1 saturated carbocycles. The summed E-state index contributed by atoms with van der Waals surface area (Å²) in [5.41, 5.74) is 8.45. The maximum Gasteiger partial charge on any atom is 0.0746 e. The number of para-hydroxylation sites is 1. The number of pyridine rings is 1. The van der Waals surface area contributed by atoms with Gasteiger partial charge in [0.25, 0.3) is 0 Å². The van der Waals surface area contributed by atoms with Crippen LogP contribution >= 0.6 is 0 Å². The molecule has 3 heteroatoms. The van der Waals surface area contributed by atoms with E-state index in [-0.39, 0.29) is 0 Å². The molecule has 20 heavy (non-hydrogen) atoms. The molecule has 1 aliphatic rings. The van der Waals surface area contributed by atoms with Gasteiger partial charge in [-0.2, -0.15) is 0 Å². The number of benzene rings is 1. The van der Waals surface area contributed by atoms with Crippen molar-refractivity contribution in [2.75, 3.05) is 7.05 Å². The summed E-state index contributed by atoms with van der Waals surface area (Å²) >= 11 is 0. The number of rotatable bonds is 3. The fourth-order valence-corrected chi connectivity index (χ4v) is 3.24. The van der Waals surface area contributed by atoms with Crippen LogP contribution in [0.15, 0.2) is 36.5 Å². The van der Waals surface area contributed by atoms with Crippen molar-refractivity contribution in [3.8, 4) is 0 Å². The molecule has 1 aliphatic carbocycles. The van der Waals surface area contributed by atoms with Crippen molar-refractivity contribution in [2.24, 2.45) is 5.73 Å². The van der Waals surface area contributed by atoms with Crippen LogP contribution in [0.5, 0.6) is 0 Å². The van der Waals surface area contributed by atoms with Crippen molar-refractivity contribution in [2.45, 2.75) is 44.3 Å². The molecule has 106 valence electrons. The maximum absolute atomic E-state index is 6.00. The van der Waals surface area contributed by atoms with Gasteiger partial charge in [-0.1, -0.05) is 24.3 Å². The molecule has 1 heterocycles. The predicted molar refractivity (Wildman–Crippen MR) is 83.4 cm³/mol. The van der Waals surface area contributed by atoms with Crippen molar-refractivity contribution in [3.63, 3.8) is 0 Å². The highest BCUT2D eigenvalue weighted by atomic mass is 15.1. The first-order valence-corrected chi connectivity index (χ1v) is 7.52. The van der Waals surface area contributed by atoms with E-state index in [4.69, 9.17) is 5.73 Å². The number of hydrogen-bond donors (Lipinski definition) is 1. The summed E-state index contributed by atoms with van der Waals surface area (Å²) in [6, 6.07) is 11.7. The van der Waals surface area contributed by atoms with Gasteiger partial charge in [-0.3, -0.25) is 9.88 Å². The molecule has 1 fully saturated rings. The fraction of sp³-hybridized carbons (Fsp3) is 0.471. The lowest BCUT2D eigenvalue weighted by Gasteiger charge is -2.33. The lowest BCUT2D eigenvalue weighted by Crippen LogP contribution is -2.38. The van der Waals surface area contributed by atoms with E-state index in [9.17, 15) is 0 Å². The highest BCUT2D eigenvalue weighted by molar-refractivity contribution is 5.81. The first-order chi connectivity index (χ1) is 9.74. The van der Waals surface area contributed by atoms with Crippen LogP contribution in [0.25, 0.3) is 10.9 Å². The van der Waals surface area contributed by atoms with Gasteiger partial charge in [-0.25, -0.2) is 0 Å². The minimum absolute atomic E-state index is 0.416. The molecule has 2 N–H and O–H groups in total. The van der Waals surface area contributed by atoms with Crippen molar-refractivity contribution >= 4 is 10.9 Å². The summed E-state index contributed by atoms with van der Waals surface area (Å²) in [6.45, 7) is 0.967. The van der Waals surface area contributed by atoms with E-state index < -0.39 is 0 Å². The van der Waals surface area contributed by atoms with Crippen LogP contribution in [0.3, 0.4) is 0 Å². The van der Waals surface area contributed by atoms with Gasteiger partial charge in [0.2, 0.25) is 0 Å². The van der Waals surface area contributed by atoms with Crippen LogP contribution in [-0.2, 0) is 6.54 Å². The zero-order valence-electron chi connectivity index (χ0n) is 12.1. The van der Waals surface area contributed by atoms with Crippen molar-refractivity contribution < 1.29 is 0 Å². The lowest BCUT2D eigenvalue weighted by atomic mass is 9.91. The van der Waals surface area contributed by atoms with Crippen molar-refractivity contribution in [1.29, 1.82) is 0 Å². The minimum Gasteiger partial charge on any atom is -0.328 e. The average Bonchev–Trinajstić information content (AvgIpc) is 2.48.